The molecule has 96 valence electrons. The van der Waals surface area contributed by atoms with Gasteiger partial charge in [0.2, 0.25) is 0 Å². The maximum Gasteiger partial charge on any atom is 0.0991 e. The van der Waals surface area contributed by atoms with Crippen LogP contribution in [0.3, 0.4) is 0 Å². The summed E-state index contributed by atoms with van der Waals surface area (Å²) in [7, 11) is 0. The average Bonchev–Trinajstić information content (AvgIpc) is 2.92. The van der Waals surface area contributed by atoms with Crippen molar-refractivity contribution in [2.45, 2.75) is 51.6 Å². The minimum atomic E-state index is 0.355. The van der Waals surface area contributed by atoms with E-state index >= 15 is 0 Å². The monoisotopic (exact) mass is 242 g/mol. The molecule has 1 N–H and O–H groups in total. The zero-order valence-electron chi connectivity index (χ0n) is 11.3. The predicted octanol–water partition coefficient (Wildman–Crippen LogP) is 3.79. The molecule has 0 heterocycles. The smallest absolute Gasteiger partial charge is 0.0991 e. The lowest BCUT2D eigenvalue weighted by Gasteiger charge is -2.25. The fourth-order valence-corrected chi connectivity index (χ4v) is 2.93. The SMILES string of the molecule is CC(N[C@@H](C)C1CCCC1)c1ccc(C#N)cc1. The van der Waals surface area contributed by atoms with Crippen LogP contribution in [0.1, 0.15) is 56.7 Å². The molecular weight excluding hydrogens is 220 g/mol. The van der Waals surface area contributed by atoms with E-state index < -0.39 is 0 Å². The van der Waals surface area contributed by atoms with E-state index in [1.807, 2.05) is 12.1 Å². The van der Waals surface area contributed by atoms with Crippen molar-refractivity contribution in [3.05, 3.63) is 35.4 Å². The number of rotatable bonds is 4. The van der Waals surface area contributed by atoms with Gasteiger partial charge >= 0.3 is 0 Å². The summed E-state index contributed by atoms with van der Waals surface area (Å²) < 4.78 is 0. The lowest BCUT2D eigenvalue weighted by Crippen LogP contribution is -2.34. The molecule has 0 aliphatic heterocycles. The molecule has 1 aromatic rings. The highest BCUT2D eigenvalue weighted by atomic mass is 14.9. The molecule has 1 unspecified atom stereocenters. The highest BCUT2D eigenvalue weighted by Crippen LogP contribution is 2.28. The van der Waals surface area contributed by atoms with Gasteiger partial charge in [0.05, 0.1) is 11.6 Å². The topological polar surface area (TPSA) is 35.8 Å². The third-order valence-corrected chi connectivity index (χ3v) is 4.16. The quantitative estimate of drug-likeness (QED) is 0.872. The van der Waals surface area contributed by atoms with E-state index in [2.05, 4.69) is 37.4 Å². The molecule has 0 saturated heterocycles. The van der Waals surface area contributed by atoms with Crippen LogP contribution in [0.5, 0.6) is 0 Å². The summed E-state index contributed by atoms with van der Waals surface area (Å²) in [5, 5.41) is 12.5. The zero-order chi connectivity index (χ0) is 13.0. The number of nitrogens with zero attached hydrogens (tertiary/aromatic N) is 1. The fraction of sp³-hybridized carbons (Fsp3) is 0.562. The Balaban J connectivity index is 1.93. The fourth-order valence-electron chi connectivity index (χ4n) is 2.93. The maximum atomic E-state index is 8.79. The Hall–Kier alpha value is -1.33. The van der Waals surface area contributed by atoms with Crippen LogP contribution in [0, 0.1) is 17.2 Å². The van der Waals surface area contributed by atoms with Gasteiger partial charge in [-0.05, 0) is 50.3 Å². The Kier molecular flexibility index (Phi) is 4.38. The summed E-state index contributed by atoms with van der Waals surface area (Å²) in [6.45, 7) is 4.50. The van der Waals surface area contributed by atoms with Crippen LogP contribution < -0.4 is 5.32 Å². The predicted molar refractivity (Wildman–Crippen MR) is 74.1 cm³/mol. The average molecular weight is 242 g/mol. The van der Waals surface area contributed by atoms with Gasteiger partial charge < -0.3 is 5.32 Å². The van der Waals surface area contributed by atoms with Gasteiger partial charge in [0.25, 0.3) is 0 Å². The first-order valence-electron chi connectivity index (χ1n) is 6.97. The first-order valence-corrected chi connectivity index (χ1v) is 6.97. The molecule has 1 aliphatic carbocycles. The van der Waals surface area contributed by atoms with E-state index in [-0.39, 0.29) is 0 Å². The molecular formula is C16H22N2. The van der Waals surface area contributed by atoms with Crippen molar-refractivity contribution < 1.29 is 0 Å². The number of hydrogen-bond acceptors (Lipinski definition) is 2. The molecule has 0 bridgehead atoms. The van der Waals surface area contributed by atoms with Crippen LogP contribution in [-0.2, 0) is 0 Å². The molecule has 0 amide bonds. The third kappa shape index (κ3) is 3.11. The Morgan fingerprint density at radius 3 is 2.33 bits per heavy atom. The number of benzene rings is 1. The highest BCUT2D eigenvalue weighted by molar-refractivity contribution is 5.32. The summed E-state index contributed by atoms with van der Waals surface area (Å²) in [6, 6.07) is 11.0. The molecule has 0 radical (unpaired) electrons. The first kappa shape index (κ1) is 13.1. The van der Waals surface area contributed by atoms with Crippen molar-refractivity contribution in [2.75, 3.05) is 0 Å². The molecule has 1 aromatic carbocycles. The molecule has 1 aliphatic rings. The van der Waals surface area contributed by atoms with Gasteiger partial charge in [-0.1, -0.05) is 25.0 Å². The Bertz CT molecular complexity index is 410. The molecule has 18 heavy (non-hydrogen) atoms. The summed E-state index contributed by atoms with van der Waals surface area (Å²) in [5.74, 6) is 0.839. The van der Waals surface area contributed by atoms with Gasteiger partial charge in [0, 0.05) is 12.1 Å². The number of nitriles is 1. The van der Waals surface area contributed by atoms with E-state index in [1.54, 1.807) is 0 Å². The van der Waals surface area contributed by atoms with Crippen LogP contribution >= 0.6 is 0 Å². The Labute approximate surface area is 110 Å². The third-order valence-electron chi connectivity index (χ3n) is 4.16. The van der Waals surface area contributed by atoms with Gasteiger partial charge in [-0.15, -0.1) is 0 Å². The van der Waals surface area contributed by atoms with Crippen molar-refractivity contribution >= 4 is 0 Å². The van der Waals surface area contributed by atoms with Crippen molar-refractivity contribution in [1.29, 1.82) is 5.26 Å². The highest BCUT2D eigenvalue weighted by Gasteiger charge is 2.22. The maximum absolute atomic E-state index is 8.79. The minimum Gasteiger partial charge on any atom is -0.307 e. The Morgan fingerprint density at radius 2 is 1.78 bits per heavy atom. The second-order valence-corrected chi connectivity index (χ2v) is 5.46. The normalized spacial score (nSPS) is 19.4. The van der Waals surface area contributed by atoms with Crippen molar-refractivity contribution in [3.63, 3.8) is 0 Å². The van der Waals surface area contributed by atoms with E-state index in [9.17, 15) is 0 Å². The largest absolute Gasteiger partial charge is 0.307 e. The molecule has 2 nitrogen and oxygen atoms in total. The van der Waals surface area contributed by atoms with Crippen LogP contribution in [0.2, 0.25) is 0 Å². The lowest BCUT2D eigenvalue weighted by molar-refractivity contribution is 0.352. The summed E-state index contributed by atoms with van der Waals surface area (Å²) in [5.41, 5.74) is 1.99. The summed E-state index contributed by atoms with van der Waals surface area (Å²) in [6.07, 6.45) is 5.52. The zero-order valence-corrected chi connectivity index (χ0v) is 11.3. The van der Waals surface area contributed by atoms with E-state index in [1.165, 1.54) is 31.2 Å². The summed E-state index contributed by atoms with van der Waals surface area (Å²) in [4.78, 5) is 0. The molecule has 2 rings (SSSR count). The van der Waals surface area contributed by atoms with Crippen LogP contribution in [0.25, 0.3) is 0 Å². The first-order chi connectivity index (χ1) is 8.70. The second kappa shape index (κ2) is 6.02. The van der Waals surface area contributed by atoms with Gasteiger partial charge in [0.15, 0.2) is 0 Å². The Morgan fingerprint density at radius 1 is 1.17 bits per heavy atom. The molecule has 2 heteroatoms. The molecule has 0 spiro atoms. The summed E-state index contributed by atoms with van der Waals surface area (Å²) >= 11 is 0. The van der Waals surface area contributed by atoms with Crippen molar-refractivity contribution in [1.82, 2.24) is 5.32 Å². The molecule has 1 fully saturated rings. The van der Waals surface area contributed by atoms with Crippen LogP contribution in [-0.4, -0.2) is 6.04 Å². The standard InChI is InChI=1S/C16H22N2/c1-12(15-5-3-4-6-15)18-13(2)16-9-7-14(11-17)8-10-16/h7-10,12-13,15,18H,3-6H2,1-2H3/t12-,13?/m0/s1. The van der Waals surface area contributed by atoms with Gasteiger partial charge in [0.1, 0.15) is 0 Å². The second-order valence-electron chi connectivity index (χ2n) is 5.46. The molecule has 2 atom stereocenters. The van der Waals surface area contributed by atoms with Crippen LogP contribution in [0.4, 0.5) is 0 Å². The van der Waals surface area contributed by atoms with Gasteiger partial charge in [-0.25, -0.2) is 0 Å². The minimum absolute atomic E-state index is 0.355. The molecule has 1 saturated carbocycles. The van der Waals surface area contributed by atoms with Crippen molar-refractivity contribution in [3.8, 4) is 6.07 Å². The van der Waals surface area contributed by atoms with Gasteiger partial charge in [-0.3, -0.25) is 0 Å². The van der Waals surface area contributed by atoms with E-state index in [0.717, 1.165) is 11.5 Å². The van der Waals surface area contributed by atoms with Crippen molar-refractivity contribution in [2.24, 2.45) is 5.92 Å². The number of nitrogens with one attached hydrogen (secondary N) is 1. The van der Waals surface area contributed by atoms with Gasteiger partial charge in [-0.2, -0.15) is 5.26 Å². The van der Waals surface area contributed by atoms with Crippen LogP contribution in [0.15, 0.2) is 24.3 Å². The number of hydrogen-bond donors (Lipinski definition) is 1. The lowest BCUT2D eigenvalue weighted by atomic mass is 9.97. The van der Waals surface area contributed by atoms with E-state index in [0.29, 0.717) is 12.1 Å². The van der Waals surface area contributed by atoms with E-state index in [4.69, 9.17) is 5.26 Å². The molecule has 0 aromatic heterocycles.